The first-order valence-electron chi connectivity index (χ1n) is 4.05. The van der Waals surface area contributed by atoms with Crippen molar-refractivity contribution in [3.8, 4) is 5.75 Å². The van der Waals surface area contributed by atoms with Gasteiger partial charge in [0.15, 0.2) is 0 Å². The highest BCUT2D eigenvalue weighted by atomic mass is 16.4. The molecule has 3 heteroatoms. The van der Waals surface area contributed by atoms with E-state index >= 15 is 0 Å². The van der Waals surface area contributed by atoms with Gasteiger partial charge >= 0.3 is 5.97 Å². The van der Waals surface area contributed by atoms with E-state index in [1.54, 1.807) is 24.3 Å². The number of hydrogen-bond donors (Lipinski definition) is 2. The minimum absolute atomic E-state index is 0.0588. The van der Waals surface area contributed by atoms with Crippen LogP contribution in [-0.2, 0) is 0 Å². The van der Waals surface area contributed by atoms with Crippen molar-refractivity contribution >= 4 is 16.7 Å². The van der Waals surface area contributed by atoms with Gasteiger partial charge in [0.05, 0.1) is 0 Å². The van der Waals surface area contributed by atoms with Crippen LogP contribution >= 0.6 is 0 Å². The Morgan fingerprint density at radius 3 is 2.79 bits per heavy atom. The standard InChI is InChI=1S/C11H7O3/c12-9-6-5-7-3-1-2-4-8(7)10(9)11(13)14/h2-6,12H,(H,13,14). The van der Waals surface area contributed by atoms with Crippen molar-refractivity contribution in [2.75, 3.05) is 0 Å². The van der Waals surface area contributed by atoms with Crippen molar-refractivity contribution in [1.82, 2.24) is 0 Å². The van der Waals surface area contributed by atoms with Crippen LogP contribution in [0, 0.1) is 6.07 Å². The fourth-order valence-electron chi connectivity index (χ4n) is 1.42. The van der Waals surface area contributed by atoms with Crippen LogP contribution in [0.15, 0.2) is 30.3 Å². The second-order valence-electron chi connectivity index (χ2n) is 2.91. The summed E-state index contributed by atoms with van der Waals surface area (Å²) in [5.41, 5.74) is -0.0588. The summed E-state index contributed by atoms with van der Waals surface area (Å²) in [4.78, 5) is 10.9. The zero-order chi connectivity index (χ0) is 10.1. The number of fused-ring (bicyclic) bond motifs is 1. The molecule has 0 heterocycles. The summed E-state index contributed by atoms with van der Waals surface area (Å²) in [6, 6.07) is 10.8. The molecular weight excluding hydrogens is 180 g/mol. The molecule has 2 N–H and O–H groups in total. The van der Waals surface area contributed by atoms with Gasteiger partial charge in [0.1, 0.15) is 11.3 Å². The minimum atomic E-state index is -1.13. The van der Waals surface area contributed by atoms with Crippen LogP contribution in [0.2, 0.25) is 0 Å². The largest absolute Gasteiger partial charge is 0.507 e. The Morgan fingerprint density at radius 1 is 1.29 bits per heavy atom. The molecule has 2 aromatic rings. The summed E-state index contributed by atoms with van der Waals surface area (Å²) in [7, 11) is 0. The van der Waals surface area contributed by atoms with Gasteiger partial charge in [0.25, 0.3) is 0 Å². The highest BCUT2D eigenvalue weighted by molar-refractivity contribution is 6.06. The number of rotatable bonds is 1. The third-order valence-electron chi connectivity index (χ3n) is 2.06. The van der Waals surface area contributed by atoms with E-state index in [1.165, 1.54) is 6.07 Å². The highest BCUT2D eigenvalue weighted by Gasteiger charge is 2.12. The molecule has 0 spiro atoms. The van der Waals surface area contributed by atoms with Gasteiger partial charge in [0, 0.05) is 0 Å². The Kier molecular flexibility index (Phi) is 1.85. The molecule has 0 saturated heterocycles. The first-order valence-corrected chi connectivity index (χ1v) is 4.05. The predicted octanol–water partition coefficient (Wildman–Crippen LogP) is 2.04. The second-order valence-corrected chi connectivity index (χ2v) is 2.91. The number of aromatic carboxylic acids is 1. The Morgan fingerprint density at radius 2 is 2.07 bits per heavy atom. The van der Waals surface area contributed by atoms with E-state index in [4.69, 9.17) is 5.11 Å². The van der Waals surface area contributed by atoms with Crippen LogP contribution in [-0.4, -0.2) is 16.2 Å². The van der Waals surface area contributed by atoms with Crippen molar-refractivity contribution in [1.29, 1.82) is 0 Å². The monoisotopic (exact) mass is 187 g/mol. The first-order chi connectivity index (χ1) is 6.70. The summed E-state index contributed by atoms with van der Waals surface area (Å²) < 4.78 is 0. The van der Waals surface area contributed by atoms with E-state index in [0.717, 1.165) is 5.39 Å². The molecule has 0 aliphatic heterocycles. The lowest BCUT2D eigenvalue weighted by atomic mass is 10.0. The summed E-state index contributed by atoms with van der Waals surface area (Å²) in [6.45, 7) is 0. The van der Waals surface area contributed by atoms with Crippen LogP contribution in [0.4, 0.5) is 0 Å². The summed E-state index contributed by atoms with van der Waals surface area (Å²) in [6.07, 6.45) is 0. The van der Waals surface area contributed by atoms with Crippen LogP contribution in [0.5, 0.6) is 5.75 Å². The molecule has 1 radical (unpaired) electrons. The van der Waals surface area contributed by atoms with Gasteiger partial charge in [-0.25, -0.2) is 4.79 Å². The molecule has 2 aromatic carbocycles. The molecule has 2 rings (SSSR count). The number of benzene rings is 2. The third-order valence-corrected chi connectivity index (χ3v) is 2.06. The quantitative estimate of drug-likeness (QED) is 0.718. The second kappa shape index (κ2) is 3.03. The molecule has 0 fully saturated rings. The van der Waals surface area contributed by atoms with Gasteiger partial charge in [-0.15, -0.1) is 0 Å². The van der Waals surface area contributed by atoms with Gasteiger partial charge in [-0.2, -0.15) is 0 Å². The number of carbonyl (C=O) groups is 1. The summed E-state index contributed by atoms with van der Waals surface area (Å²) in [5, 5.41) is 19.6. The van der Waals surface area contributed by atoms with Crippen molar-refractivity contribution in [3.63, 3.8) is 0 Å². The summed E-state index contributed by atoms with van der Waals surface area (Å²) in [5.74, 6) is -1.34. The minimum Gasteiger partial charge on any atom is -0.507 e. The molecule has 69 valence electrons. The predicted molar refractivity (Wildman–Crippen MR) is 51.4 cm³/mol. The molecule has 0 aliphatic carbocycles. The van der Waals surface area contributed by atoms with Crippen molar-refractivity contribution in [3.05, 3.63) is 42.0 Å². The number of carboxylic acids is 1. The lowest BCUT2D eigenvalue weighted by Crippen LogP contribution is -1.97. The number of carboxylic acid groups (broad SMARTS) is 1. The van der Waals surface area contributed by atoms with Gasteiger partial charge in [-0.3, -0.25) is 0 Å². The fourth-order valence-corrected chi connectivity index (χ4v) is 1.42. The highest BCUT2D eigenvalue weighted by Crippen LogP contribution is 2.26. The number of aromatic hydroxyl groups is 1. The van der Waals surface area contributed by atoms with Crippen LogP contribution in [0.3, 0.4) is 0 Å². The average molecular weight is 187 g/mol. The van der Waals surface area contributed by atoms with Crippen molar-refractivity contribution < 1.29 is 15.0 Å². The van der Waals surface area contributed by atoms with Crippen LogP contribution < -0.4 is 0 Å². The lowest BCUT2D eigenvalue weighted by molar-refractivity contribution is 0.0696. The maximum Gasteiger partial charge on any atom is 0.340 e. The normalized spacial score (nSPS) is 10.3. The van der Waals surface area contributed by atoms with Crippen molar-refractivity contribution in [2.45, 2.75) is 0 Å². The molecule has 0 amide bonds. The van der Waals surface area contributed by atoms with E-state index in [0.29, 0.717) is 5.39 Å². The van der Waals surface area contributed by atoms with Crippen molar-refractivity contribution in [2.24, 2.45) is 0 Å². The Bertz CT molecular complexity index is 503. The molecule has 0 bridgehead atoms. The molecule has 0 atom stereocenters. The molecule has 0 aromatic heterocycles. The molecule has 0 aliphatic rings. The maximum atomic E-state index is 10.9. The van der Waals surface area contributed by atoms with Crippen LogP contribution in [0.25, 0.3) is 10.8 Å². The SMILES string of the molecule is O=C(O)c1c(O)ccc2c[c]ccc12. The molecule has 14 heavy (non-hydrogen) atoms. The Balaban J connectivity index is 2.90. The summed E-state index contributed by atoms with van der Waals surface area (Å²) >= 11 is 0. The van der Waals surface area contributed by atoms with Gasteiger partial charge < -0.3 is 10.2 Å². The third kappa shape index (κ3) is 1.19. The zero-order valence-corrected chi connectivity index (χ0v) is 7.19. The lowest BCUT2D eigenvalue weighted by Gasteiger charge is -2.03. The van der Waals surface area contributed by atoms with E-state index in [9.17, 15) is 9.90 Å². The van der Waals surface area contributed by atoms with Gasteiger partial charge in [-0.1, -0.05) is 18.2 Å². The van der Waals surface area contributed by atoms with Gasteiger partial charge in [-0.05, 0) is 29.0 Å². The maximum absolute atomic E-state index is 10.9. The molecule has 0 unspecified atom stereocenters. The fraction of sp³-hybridized carbons (Fsp3) is 0. The molecule has 3 nitrogen and oxygen atoms in total. The molecular formula is C11H7O3. The first kappa shape index (κ1) is 8.56. The van der Waals surface area contributed by atoms with E-state index in [-0.39, 0.29) is 11.3 Å². The zero-order valence-electron chi connectivity index (χ0n) is 7.19. The number of hydrogen-bond acceptors (Lipinski definition) is 2. The number of phenols is 1. The van der Waals surface area contributed by atoms with E-state index < -0.39 is 5.97 Å². The van der Waals surface area contributed by atoms with Crippen LogP contribution in [0.1, 0.15) is 10.4 Å². The average Bonchev–Trinajstić information content (AvgIpc) is 2.17. The smallest absolute Gasteiger partial charge is 0.340 e. The topological polar surface area (TPSA) is 57.5 Å². The van der Waals surface area contributed by atoms with Gasteiger partial charge in [0.2, 0.25) is 0 Å². The van der Waals surface area contributed by atoms with E-state index in [1.807, 2.05) is 0 Å². The molecule has 0 saturated carbocycles. The Labute approximate surface area is 80.2 Å². The Hall–Kier alpha value is -2.03. The van der Waals surface area contributed by atoms with E-state index in [2.05, 4.69) is 6.07 Å².